The van der Waals surface area contributed by atoms with Gasteiger partial charge in [0, 0.05) is 21.8 Å². The van der Waals surface area contributed by atoms with Gasteiger partial charge in [0.2, 0.25) is 5.95 Å². The van der Waals surface area contributed by atoms with Gasteiger partial charge in [-0.1, -0.05) is 53.5 Å². The number of hydrazone groups is 1. The quantitative estimate of drug-likeness (QED) is 0.398. The van der Waals surface area contributed by atoms with E-state index in [1.165, 1.54) is 6.07 Å². The van der Waals surface area contributed by atoms with Crippen LogP contribution in [-0.2, 0) is 13.0 Å². The summed E-state index contributed by atoms with van der Waals surface area (Å²) < 4.78 is 6.96. The second kappa shape index (κ2) is 9.85. The van der Waals surface area contributed by atoms with Crippen LogP contribution >= 0.6 is 15.9 Å². The van der Waals surface area contributed by atoms with E-state index in [1.807, 2.05) is 55.5 Å². The van der Waals surface area contributed by atoms with Crippen LogP contribution in [0.1, 0.15) is 30.2 Å². The first kappa shape index (κ1) is 19.8. The number of H-pyrrole nitrogens is 1. The molecule has 0 saturated heterocycles. The van der Waals surface area contributed by atoms with E-state index < -0.39 is 0 Å². The summed E-state index contributed by atoms with van der Waals surface area (Å²) in [5.74, 6) is 1.04. The predicted octanol–water partition coefficient (Wildman–Crippen LogP) is 4.51. The van der Waals surface area contributed by atoms with Crippen molar-refractivity contribution in [2.45, 2.75) is 26.4 Å². The molecule has 0 spiro atoms. The lowest BCUT2D eigenvalue weighted by Crippen LogP contribution is -2.12. The molecule has 1 heterocycles. The molecule has 0 atom stereocenters. The minimum absolute atomic E-state index is 0.200. The number of nitrogens with one attached hydrogen (secondary N) is 2. The van der Waals surface area contributed by atoms with E-state index >= 15 is 0 Å². The lowest BCUT2D eigenvalue weighted by molar-refractivity contribution is 0.306. The molecular weight excluding hydrogens is 420 g/mol. The Labute approximate surface area is 171 Å². The fourth-order valence-electron chi connectivity index (χ4n) is 2.57. The van der Waals surface area contributed by atoms with Crippen molar-refractivity contribution < 1.29 is 4.74 Å². The highest BCUT2D eigenvalue weighted by Gasteiger charge is 2.03. The van der Waals surface area contributed by atoms with Crippen LogP contribution in [0.15, 0.2) is 69.0 Å². The van der Waals surface area contributed by atoms with Crippen molar-refractivity contribution in [3.05, 3.63) is 86.2 Å². The van der Waals surface area contributed by atoms with Gasteiger partial charge in [-0.3, -0.25) is 9.78 Å². The van der Waals surface area contributed by atoms with Crippen molar-refractivity contribution in [1.82, 2.24) is 9.97 Å². The summed E-state index contributed by atoms with van der Waals surface area (Å²) in [6, 6.07) is 17.1. The van der Waals surface area contributed by atoms with Gasteiger partial charge in [0.25, 0.3) is 5.56 Å². The molecule has 0 unspecified atom stereocenters. The normalized spacial score (nSPS) is 10.9. The minimum atomic E-state index is -0.200. The Kier molecular flexibility index (Phi) is 6.97. The molecule has 0 aliphatic heterocycles. The van der Waals surface area contributed by atoms with Crippen molar-refractivity contribution in [2.24, 2.45) is 5.10 Å². The van der Waals surface area contributed by atoms with Crippen LogP contribution in [0.3, 0.4) is 0 Å². The molecule has 3 aromatic rings. The van der Waals surface area contributed by atoms with E-state index in [-0.39, 0.29) is 5.56 Å². The number of halogens is 1. The summed E-state index contributed by atoms with van der Waals surface area (Å²) >= 11 is 3.43. The third kappa shape index (κ3) is 5.79. The summed E-state index contributed by atoms with van der Waals surface area (Å²) in [4.78, 5) is 18.7. The molecule has 2 N–H and O–H groups in total. The highest BCUT2D eigenvalue weighted by Crippen LogP contribution is 2.18. The molecule has 0 fully saturated rings. The number of aromatic amines is 1. The summed E-state index contributed by atoms with van der Waals surface area (Å²) in [6.07, 6.45) is 3.31. The second-order valence-corrected chi connectivity index (χ2v) is 7.07. The minimum Gasteiger partial charge on any atom is -0.488 e. The van der Waals surface area contributed by atoms with E-state index in [1.54, 1.807) is 6.21 Å². The van der Waals surface area contributed by atoms with Crippen molar-refractivity contribution in [1.29, 1.82) is 0 Å². The fourth-order valence-corrected chi connectivity index (χ4v) is 2.83. The molecule has 144 valence electrons. The number of para-hydroxylation sites is 1. The zero-order valence-electron chi connectivity index (χ0n) is 15.5. The van der Waals surface area contributed by atoms with E-state index in [9.17, 15) is 4.79 Å². The maximum atomic E-state index is 11.7. The number of benzene rings is 2. The lowest BCUT2D eigenvalue weighted by Gasteiger charge is -2.09. The number of hydrogen-bond donors (Lipinski definition) is 2. The summed E-state index contributed by atoms with van der Waals surface area (Å²) in [5.41, 5.74) is 5.21. The van der Waals surface area contributed by atoms with Gasteiger partial charge in [0.15, 0.2) is 0 Å². The highest BCUT2D eigenvalue weighted by molar-refractivity contribution is 9.10. The Morgan fingerprint density at radius 3 is 2.79 bits per heavy atom. The number of nitrogens with zero attached hydrogens (tertiary/aromatic N) is 2. The molecule has 6 nitrogen and oxygen atoms in total. The first-order chi connectivity index (χ1) is 13.6. The summed E-state index contributed by atoms with van der Waals surface area (Å²) in [6.45, 7) is 2.50. The molecule has 0 radical (unpaired) electrons. The number of ether oxygens (including phenoxy) is 1. The summed E-state index contributed by atoms with van der Waals surface area (Å²) in [7, 11) is 0. The van der Waals surface area contributed by atoms with E-state index in [2.05, 4.69) is 36.4 Å². The van der Waals surface area contributed by atoms with Gasteiger partial charge in [-0.15, -0.1) is 0 Å². The molecule has 0 aliphatic rings. The Bertz CT molecular complexity index is 1000. The Morgan fingerprint density at radius 1 is 1.21 bits per heavy atom. The van der Waals surface area contributed by atoms with Crippen molar-refractivity contribution >= 4 is 28.1 Å². The average molecular weight is 441 g/mol. The zero-order valence-corrected chi connectivity index (χ0v) is 17.1. The van der Waals surface area contributed by atoms with Crippen LogP contribution in [0.25, 0.3) is 0 Å². The highest BCUT2D eigenvalue weighted by atomic mass is 79.9. The van der Waals surface area contributed by atoms with Crippen LogP contribution in [0.5, 0.6) is 5.75 Å². The molecular formula is C21H21BrN4O2. The number of hydrogen-bond acceptors (Lipinski definition) is 5. The number of aryl methyl sites for hydroxylation is 1. The van der Waals surface area contributed by atoms with Crippen molar-refractivity contribution in [3.63, 3.8) is 0 Å². The zero-order chi connectivity index (χ0) is 19.8. The lowest BCUT2D eigenvalue weighted by atomic mass is 10.2. The molecule has 0 saturated carbocycles. The van der Waals surface area contributed by atoms with Gasteiger partial charge in [0.05, 0.1) is 6.21 Å². The molecule has 28 heavy (non-hydrogen) atoms. The van der Waals surface area contributed by atoms with E-state index in [0.717, 1.165) is 39.9 Å². The number of rotatable bonds is 8. The topological polar surface area (TPSA) is 79.4 Å². The molecule has 0 bridgehead atoms. The van der Waals surface area contributed by atoms with Gasteiger partial charge in [-0.25, -0.2) is 10.4 Å². The van der Waals surface area contributed by atoms with Crippen LogP contribution in [0, 0.1) is 0 Å². The predicted molar refractivity (Wildman–Crippen MR) is 115 cm³/mol. The van der Waals surface area contributed by atoms with Crippen LogP contribution in [-0.4, -0.2) is 16.2 Å². The standard InChI is InChI=1S/C21H21BrN4O2/c1-2-5-18-12-20(27)25-21(24-18)26-23-13-16-6-3-4-7-19(16)28-14-15-8-10-17(22)11-9-15/h3-4,6-13H,2,5,14H2,1H3,(H2,24,25,26,27)/b23-13+. The third-order valence-corrected chi connectivity index (χ3v) is 4.43. The smallest absolute Gasteiger partial charge is 0.252 e. The van der Waals surface area contributed by atoms with Crippen molar-refractivity contribution in [2.75, 3.05) is 5.43 Å². The fraction of sp³-hybridized carbons (Fsp3) is 0.190. The first-order valence-electron chi connectivity index (χ1n) is 8.99. The summed E-state index contributed by atoms with van der Waals surface area (Å²) in [5, 5.41) is 4.19. The molecule has 0 amide bonds. The van der Waals surface area contributed by atoms with Crippen LogP contribution in [0.2, 0.25) is 0 Å². The van der Waals surface area contributed by atoms with Crippen LogP contribution in [0.4, 0.5) is 5.95 Å². The average Bonchev–Trinajstić information content (AvgIpc) is 2.68. The number of anilines is 1. The van der Waals surface area contributed by atoms with E-state index in [4.69, 9.17) is 4.74 Å². The molecule has 0 aliphatic carbocycles. The maximum absolute atomic E-state index is 11.7. The van der Waals surface area contributed by atoms with Gasteiger partial charge in [0.1, 0.15) is 12.4 Å². The van der Waals surface area contributed by atoms with Gasteiger partial charge in [-0.05, 0) is 36.2 Å². The van der Waals surface area contributed by atoms with Crippen LogP contribution < -0.4 is 15.7 Å². The first-order valence-corrected chi connectivity index (χ1v) is 9.79. The Morgan fingerprint density at radius 2 is 2.00 bits per heavy atom. The molecule has 7 heteroatoms. The Balaban J connectivity index is 1.67. The van der Waals surface area contributed by atoms with Crippen molar-refractivity contribution in [3.8, 4) is 5.75 Å². The molecule has 3 rings (SSSR count). The molecule has 1 aromatic heterocycles. The largest absolute Gasteiger partial charge is 0.488 e. The Hall–Kier alpha value is -2.93. The maximum Gasteiger partial charge on any atom is 0.252 e. The monoisotopic (exact) mass is 440 g/mol. The molecule has 2 aromatic carbocycles. The third-order valence-electron chi connectivity index (χ3n) is 3.90. The van der Waals surface area contributed by atoms with E-state index in [0.29, 0.717) is 12.6 Å². The SMILES string of the molecule is CCCc1cc(=O)[nH]c(N/N=C/c2ccccc2OCc2ccc(Br)cc2)n1. The van der Waals surface area contributed by atoms with Gasteiger partial charge >= 0.3 is 0 Å². The van der Waals surface area contributed by atoms with Gasteiger partial charge < -0.3 is 4.74 Å². The van der Waals surface area contributed by atoms with Gasteiger partial charge in [-0.2, -0.15) is 5.10 Å². The number of aromatic nitrogens is 2. The second-order valence-electron chi connectivity index (χ2n) is 6.16.